The van der Waals surface area contributed by atoms with Crippen molar-refractivity contribution in [3.05, 3.63) is 54.1 Å². The molecule has 0 atom stereocenters. The maximum atomic E-state index is 11.5. The summed E-state index contributed by atoms with van der Waals surface area (Å²) in [6.45, 7) is 3.94. The van der Waals surface area contributed by atoms with Gasteiger partial charge in [-0.05, 0) is 49.1 Å². The van der Waals surface area contributed by atoms with E-state index in [9.17, 15) is 4.79 Å². The Hall–Kier alpha value is -2.09. The lowest BCUT2D eigenvalue weighted by Crippen LogP contribution is -2.17. The molecule has 1 aliphatic heterocycles. The average molecular weight is 265 g/mol. The number of Topliss-reactive ketones (excluding diaryl/α,β-unsaturated/α-hetero) is 1. The van der Waals surface area contributed by atoms with Crippen LogP contribution in [0.25, 0.3) is 11.1 Å². The predicted octanol–water partition coefficient (Wildman–Crippen LogP) is 4.16. The molecule has 2 nitrogen and oxygen atoms in total. The van der Waals surface area contributed by atoms with Crippen LogP contribution >= 0.6 is 0 Å². The maximum absolute atomic E-state index is 11.5. The number of nitrogens with zero attached hydrogens (tertiary/aromatic N) is 1. The van der Waals surface area contributed by atoms with Crippen molar-refractivity contribution < 1.29 is 4.79 Å². The van der Waals surface area contributed by atoms with Crippen molar-refractivity contribution in [2.24, 2.45) is 0 Å². The van der Waals surface area contributed by atoms with Crippen molar-refractivity contribution in [3.63, 3.8) is 0 Å². The molecule has 20 heavy (non-hydrogen) atoms. The molecule has 3 rings (SSSR count). The van der Waals surface area contributed by atoms with Gasteiger partial charge in [0.15, 0.2) is 5.78 Å². The highest BCUT2D eigenvalue weighted by Gasteiger charge is 2.12. The van der Waals surface area contributed by atoms with Crippen molar-refractivity contribution in [2.45, 2.75) is 19.8 Å². The minimum atomic E-state index is 0.112. The molecule has 0 bridgehead atoms. The number of carbonyl (C=O) groups excluding carboxylic acids is 1. The first-order valence-electron chi connectivity index (χ1n) is 7.20. The largest absolute Gasteiger partial charge is 0.372 e. The molecule has 2 aromatic carbocycles. The Labute approximate surface area is 120 Å². The predicted molar refractivity (Wildman–Crippen MR) is 83.3 cm³/mol. The average Bonchev–Trinajstić information content (AvgIpc) is 3.02. The van der Waals surface area contributed by atoms with Crippen molar-refractivity contribution in [3.8, 4) is 11.1 Å². The Balaban J connectivity index is 1.87. The molecule has 1 saturated heterocycles. The van der Waals surface area contributed by atoms with Crippen molar-refractivity contribution in [1.29, 1.82) is 0 Å². The van der Waals surface area contributed by atoms with Crippen molar-refractivity contribution >= 4 is 11.5 Å². The van der Waals surface area contributed by atoms with Crippen LogP contribution in [0.4, 0.5) is 5.69 Å². The van der Waals surface area contributed by atoms with Gasteiger partial charge in [0.2, 0.25) is 0 Å². The topological polar surface area (TPSA) is 20.3 Å². The third kappa shape index (κ3) is 2.60. The van der Waals surface area contributed by atoms with Crippen molar-refractivity contribution in [2.75, 3.05) is 18.0 Å². The van der Waals surface area contributed by atoms with Gasteiger partial charge in [0, 0.05) is 24.3 Å². The minimum absolute atomic E-state index is 0.112. The summed E-state index contributed by atoms with van der Waals surface area (Å²) < 4.78 is 0. The van der Waals surface area contributed by atoms with Crippen LogP contribution in [-0.2, 0) is 0 Å². The molecule has 1 heterocycles. The molecule has 2 heteroatoms. The first kappa shape index (κ1) is 12.9. The summed E-state index contributed by atoms with van der Waals surface area (Å²) in [6.07, 6.45) is 2.59. The summed E-state index contributed by atoms with van der Waals surface area (Å²) in [6, 6.07) is 16.5. The molecule has 0 aliphatic carbocycles. The number of anilines is 1. The van der Waals surface area contributed by atoms with Crippen LogP contribution in [0.15, 0.2) is 48.5 Å². The van der Waals surface area contributed by atoms with Gasteiger partial charge >= 0.3 is 0 Å². The Morgan fingerprint density at radius 2 is 1.65 bits per heavy atom. The second kappa shape index (κ2) is 5.49. The zero-order chi connectivity index (χ0) is 13.9. The molecule has 2 aromatic rings. The third-order valence-electron chi connectivity index (χ3n) is 3.94. The Bertz CT molecular complexity index is 610. The molecule has 0 saturated carbocycles. The first-order chi connectivity index (χ1) is 9.74. The standard InChI is InChI=1S/C18H19NO/c1-14(20)16-5-4-6-17(13-16)15-7-9-18(10-8-15)19-11-2-3-12-19/h4-10,13H,2-3,11-12H2,1H3. The third-order valence-corrected chi connectivity index (χ3v) is 3.94. The summed E-state index contributed by atoms with van der Waals surface area (Å²) in [4.78, 5) is 13.9. The fourth-order valence-electron chi connectivity index (χ4n) is 2.76. The highest BCUT2D eigenvalue weighted by molar-refractivity contribution is 5.95. The summed E-state index contributed by atoms with van der Waals surface area (Å²) in [5, 5.41) is 0. The molecular weight excluding hydrogens is 246 g/mol. The van der Waals surface area contributed by atoms with Gasteiger partial charge in [-0.15, -0.1) is 0 Å². The van der Waals surface area contributed by atoms with Crippen LogP contribution in [-0.4, -0.2) is 18.9 Å². The molecule has 0 N–H and O–H groups in total. The molecule has 0 spiro atoms. The molecular formula is C18H19NO. The van der Waals surface area contributed by atoms with E-state index in [4.69, 9.17) is 0 Å². The minimum Gasteiger partial charge on any atom is -0.372 e. The second-order valence-electron chi connectivity index (χ2n) is 5.38. The number of ketones is 1. The number of rotatable bonds is 3. The molecule has 102 valence electrons. The summed E-state index contributed by atoms with van der Waals surface area (Å²) in [5.74, 6) is 0.112. The van der Waals surface area contributed by atoms with Gasteiger partial charge in [-0.25, -0.2) is 0 Å². The van der Waals surface area contributed by atoms with Crippen molar-refractivity contribution in [1.82, 2.24) is 0 Å². The van der Waals surface area contributed by atoms with Gasteiger partial charge in [-0.3, -0.25) is 4.79 Å². The van der Waals surface area contributed by atoms with E-state index < -0.39 is 0 Å². The zero-order valence-electron chi connectivity index (χ0n) is 11.8. The van der Waals surface area contributed by atoms with E-state index in [2.05, 4.69) is 35.2 Å². The Morgan fingerprint density at radius 1 is 0.950 bits per heavy atom. The van der Waals surface area contributed by atoms with Gasteiger partial charge in [0.1, 0.15) is 0 Å². The zero-order valence-corrected chi connectivity index (χ0v) is 11.8. The number of hydrogen-bond acceptors (Lipinski definition) is 2. The lowest BCUT2D eigenvalue weighted by atomic mass is 10.0. The normalized spacial score (nSPS) is 14.6. The van der Waals surface area contributed by atoms with Crippen LogP contribution in [0, 0.1) is 0 Å². The molecule has 1 fully saturated rings. The number of hydrogen-bond donors (Lipinski definition) is 0. The highest BCUT2D eigenvalue weighted by atomic mass is 16.1. The van der Waals surface area contributed by atoms with E-state index in [-0.39, 0.29) is 5.78 Å². The van der Waals surface area contributed by atoms with Crippen LogP contribution in [0.1, 0.15) is 30.1 Å². The Morgan fingerprint density at radius 3 is 2.30 bits per heavy atom. The summed E-state index contributed by atoms with van der Waals surface area (Å²) in [7, 11) is 0. The SMILES string of the molecule is CC(=O)c1cccc(-c2ccc(N3CCCC3)cc2)c1. The van der Waals surface area contributed by atoms with Gasteiger partial charge in [0.25, 0.3) is 0 Å². The number of carbonyl (C=O) groups is 1. The summed E-state index contributed by atoms with van der Waals surface area (Å²) in [5.41, 5.74) is 4.34. The lowest BCUT2D eigenvalue weighted by Gasteiger charge is -2.17. The van der Waals surface area contributed by atoms with Gasteiger partial charge < -0.3 is 4.90 Å². The molecule has 1 aliphatic rings. The molecule has 0 amide bonds. The second-order valence-corrected chi connectivity index (χ2v) is 5.38. The van der Waals surface area contributed by atoms with E-state index in [1.807, 2.05) is 18.2 Å². The highest BCUT2D eigenvalue weighted by Crippen LogP contribution is 2.26. The smallest absolute Gasteiger partial charge is 0.159 e. The van der Waals surface area contributed by atoms with Crippen LogP contribution in [0.5, 0.6) is 0 Å². The number of benzene rings is 2. The molecule has 0 unspecified atom stereocenters. The first-order valence-corrected chi connectivity index (χ1v) is 7.20. The fraction of sp³-hybridized carbons (Fsp3) is 0.278. The maximum Gasteiger partial charge on any atom is 0.159 e. The van der Waals surface area contributed by atoms with E-state index in [1.54, 1.807) is 6.92 Å². The van der Waals surface area contributed by atoms with Crippen LogP contribution in [0.2, 0.25) is 0 Å². The van der Waals surface area contributed by atoms with Crippen LogP contribution in [0.3, 0.4) is 0 Å². The van der Waals surface area contributed by atoms with E-state index >= 15 is 0 Å². The van der Waals surface area contributed by atoms with Gasteiger partial charge in [-0.2, -0.15) is 0 Å². The molecule has 0 aromatic heterocycles. The van der Waals surface area contributed by atoms with Gasteiger partial charge in [0.05, 0.1) is 0 Å². The van der Waals surface area contributed by atoms with Crippen LogP contribution < -0.4 is 4.90 Å². The van der Waals surface area contributed by atoms with Gasteiger partial charge in [-0.1, -0.05) is 30.3 Å². The summed E-state index contributed by atoms with van der Waals surface area (Å²) >= 11 is 0. The van der Waals surface area contributed by atoms with E-state index in [0.717, 1.165) is 16.7 Å². The monoisotopic (exact) mass is 265 g/mol. The lowest BCUT2D eigenvalue weighted by molar-refractivity contribution is 0.101. The molecule has 0 radical (unpaired) electrons. The van der Waals surface area contributed by atoms with E-state index in [1.165, 1.54) is 31.6 Å². The van der Waals surface area contributed by atoms with E-state index in [0.29, 0.717) is 0 Å². The Kier molecular flexibility index (Phi) is 3.55. The quantitative estimate of drug-likeness (QED) is 0.777. The fourth-order valence-corrected chi connectivity index (χ4v) is 2.76.